The Bertz CT molecular complexity index is 944. The molecular weight excluding hydrogens is 348 g/mol. The summed E-state index contributed by atoms with van der Waals surface area (Å²) in [5, 5.41) is 1.35. The molecule has 1 unspecified atom stereocenters. The number of hydrogen-bond acceptors (Lipinski definition) is 2. The zero-order valence-electron chi connectivity index (χ0n) is 14.8. The van der Waals surface area contributed by atoms with Crippen LogP contribution in [0.4, 0.5) is 5.69 Å². The van der Waals surface area contributed by atoms with E-state index in [-0.39, 0.29) is 11.9 Å². The number of rotatable bonds is 5. The fourth-order valence-corrected chi connectivity index (χ4v) is 3.74. The van der Waals surface area contributed by atoms with Crippen molar-refractivity contribution >= 4 is 34.1 Å². The van der Waals surface area contributed by atoms with Gasteiger partial charge in [-0.05, 0) is 56.0 Å². The summed E-state index contributed by atoms with van der Waals surface area (Å²) in [6.45, 7) is 2.11. The summed E-state index contributed by atoms with van der Waals surface area (Å²) in [7, 11) is 1.63. The molecule has 1 N–H and O–H groups in total. The number of halogens is 1. The molecule has 134 valence electrons. The molecule has 0 spiro atoms. The van der Waals surface area contributed by atoms with E-state index in [2.05, 4.69) is 11.9 Å². The van der Waals surface area contributed by atoms with Crippen LogP contribution in [0.15, 0.2) is 48.5 Å². The number of nitrogens with zero attached hydrogens (tertiary/aromatic N) is 1. The van der Waals surface area contributed by atoms with Crippen molar-refractivity contribution in [1.29, 1.82) is 0 Å². The monoisotopic (exact) mass is 368 g/mol. The maximum Gasteiger partial charge on any atom is 0.276 e. The van der Waals surface area contributed by atoms with Crippen LogP contribution in [-0.4, -0.2) is 24.0 Å². The lowest BCUT2D eigenvalue weighted by Crippen LogP contribution is -2.40. The van der Waals surface area contributed by atoms with Crippen LogP contribution in [0.25, 0.3) is 10.9 Å². The van der Waals surface area contributed by atoms with Gasteiger partial charge in [-0.25, -0.2) is 0 Å². The van der Waals surface area contributed by atoms with Crippen LogP contribution in [0, 0.1) is 5.92 Å². The second-order valence-electron chi connectivity index (χ2n) is 6.81. The largest absolute Gasteiger partial charge is 0.497 e. The third-order valence-corrected chi connectivity index (χ3v) is 5.53. The Hall–Kier alpha value is -2.46. The van der Waals surface area contributed by atoms with Crippen molar-refractivity contribution in [2.24, 2.45) is 5.92 Å². The van der Waals surface area contributed by atoms with Crippen molar-refractivity contribution in [1.82, 2.24) is 4.98 Å². The van der Waals surface area contributed by atoms with Gasteiger partial charge in [-0.2, -0.15) is 0 Å². The van der Waals surface area contributed by atoms with Gasteiger partial charge in [-0.15, -0.1) is 0 Å². The third-order valence-electron chi connectivity index (χ3n) is 5.14. The smallest absolute Gasteiger partial charge is 0.276 e. The molecule has 1 fully saturated rings. The summed E-state index contributed by atoms with van der Waals surface area (Å²) in [5.74, 6) is 1.20. The SMILES string of the molecule is COc1ccc(N(C(=O)c2[nH]c3ccccc3c2Cl)C(C)C2CC2)cc1. The molecule has 26 heavy (non-hydrogen) atoms. The number of H-pyrrole nitrogens is 1. The average Bonchev–Trinajstić information content (AvgIpc) is 3.47. The Morgan fingerprint density at radius 2 is 1.88 bits per heavy atom. The van der Waals surface area contributed by atoms with E-state index >= 15 is 0 Å². The number of fused-ring (bicyclic) bond motifs is 1. The highest BCUT2D eigenvalue weighted by Gasteiger charge is 2.36. The molecule has 0 aliphatic heterocycles. The normalized spacial score (nSPS) is 15.0. The number of hydrogen-bond donors (Lipinski definition) is 1. The van der Waals surface area contributed by atoms with Crippen molar-refractivity contribution in [3.63, 3.8) is 0 Å². The van der Waals surface area contributed by atoms with Crippen molar-refractivity contribution in [2.45, 2.75) is 25.8 Å². The van der Waals surface area contributed by atoms with E-state index < -0.39 is 0 Å². The summed E-state index contributed by atoms with van der Waals surface area (Å²) < 4.78 is 5.24. The maximum absolute atomic E-state index is 13.4. The topological polar surface area (TPSA) is 45.3 Å². The Balaban J connectivity index is 1.76. The van der Waals surface area contributed by atoms with Crippen molar-refractivity contribution < 1.29 is 9.53 Å². The Kier molecular flexibility index (Phi) is 4.37. The minimum atomic E-state index is -0.101. The first-order chi connectivity index (χ1) is 12.6. The van der Waals surface area contributed by atoms with Gasteiger partial charge in [0, 0.05) is 22.6 Å². The van der Waals surface area contributed by atoms with Gasteiger partial charge in [0.2, 0.25) is 0 Å². The molecule has 0 radical (unpaired) electrons. The van der Waals surface area contributed by atoms with Gasteiger partial charge in [0.15, 0.2) is 0 Å². The van der Waals surface area contributed by atoms with Crippen LogP contribution in [0.1, 0.15) is 30.3 Å². The average molecular weight is 369 g/mol. The molecule has 1 heterocycles. The van der Waals surface area contributed by atoms with Crippen LogP contribution in [0.5, 0.6) is 5.75 Å². The number of carbonyl (C=O) groups is 1. The first-order valence-electron chi connectivity index (χ1n) is 8.84. The fraction of sp³-hybridized carbons (Fsp3) is 0.286. The molecule has 1 aliphatic rings. The molecule has 0 saturated heterocycles. The second kappa shape index (κ2) is 6.69. The second-order valence-corrected chi connectivity index (χ2v) is 7.19. The lowest BCUT2D eigenvalue weighted by molar-refractivity contribution is 0.0972. The van der Waals surface area contributed by atoms with Crippen LogP contribution < -0.4 is 9.64 Å². The van der Waals surface area contributed by atoms with E-state index in [4.69, 9.17) is 16.3 Å². The number of carbonyl (C=O) groups excluding carboxylic acids is 1. The van der Waals surface area contributed by atoms with E-state index in [9.17, 15) is 4.79 Å². The number of aromatic nitrogens is 1. The van der Waals surface area contributed by atoms with Gasteiger partial charge in [-0.3, -0.25) is 4.79 Å². The predicted octanol–water partition coefficient (Wildman–Crippen LogP) is 5.28. The lowest BCUT2D eigenvalue weighted by atomic mass is 10.1. The van der Waals surface area contributed by atoms with Crippen molar-refractivity contribution in [3.8, 4) is 5.75 Å². The van der Waals surface area contributed by atoms with Crippen LogP contribution in [0.2, 0.25) is 5.02 Å². The molecule has 1 amide bonds. The first-order valence-corrected chi connectivity index (χ1v) is 9.21. The number of aromatic amines is 1. The van der Waals surface area contributed by atoms with Crippen LogP contribution in [0.3, 0.4) is 0 Å². The Morgan fingerprint density at radius 1 is 1.19 bits per heavy atom. The summed E-state index contributed by atoms with van der Waals surface area (Å²) in [6, 6.07) is 15.4. The highest BCUT2D eigenvalue weighted by molar-refractivity contribution is 6.39. The minimum absolute atomic E-state index is 0.101. The van der Waals surface area contributed by atoms with Crippen molar-refractivity contribution in [2.75, 3.05) is 12.0 Å². The van der Waals surface area contributed by atoms with E-state index in [1.807, 2.05) is 53.4 Å². The number of methoxy groups -OCH3 is 1. The molecule has 4 rings (SSSR count). The zero-order valence-corrected chi connectivity index (χ0v) is 15.6. The third kappa shape index (κ3) is 2.95. The molecule has 5 heteroatoms. The molecule has 1 saturated carbocycles. The molecule has 1 atom stereocenters. The van der Waals surface area contributed by atoms with Gasteiger partial charge >= 0.3 is 0 Å². The van der Waals surface area contributed by atoms with Crippen molar-refractivity contribution in [3.05, 3.63) is 59.2 Å². The molecule has 3 aromatic rings. The molecule has 0 bridgehead atoms. The minimum Gasteiger partial charge on any atom is -0.497 e. The molecule has 4 nitrogen and oxygen atoms in total. The van der Waals surface area contributed by atoms with Gasteiger partial charge in [0.25, 0.3) is 5.91 Å². The number of amides is 1. The summed E-state index contributed by atoms with van der Waals surface area (Å²) in [5.41, 5.74) is 2.16. The van der Waals surface area contributed by atoms with Gasteiger partial charge in [-0.1, -0.05) is 29.8 Å². The first kappa shape index (κ1) is 17.0. The van der Waals surface area contributed by atoms with E-state index in [1.165, 1.54) is 0 Å². The molecule has 1 aliphatic carbocycles. The van der Waals surface area contributed by atoms with Gasteiger partial charge in [0.05, 0.1) is 12.1 Å². The summed E-state index contributed by atoms with van der Waals surface area (Å²) >= 11 is 6.53. The molecule has 1 aromatic heterocycles. The quantitative estimate of drug-likeness (QED) is 0.666. The fourth-order valence-electron chi connectivity index (χ4n) is 3.45. The summed E-state index contributed by atoms with van der Waals surface area (Å²) in [6.07, 6.45) is 2.31. The van der Waals surface area contributed by atoms with E-state index in [0.717, 1.165) is 35.2 Å². The zero-order chi connectivity index (χ0) is 18.3. The number of ether oxygens (including phenoxy) is 1. The van der Waals surface area contributed by atoms with Crippen LogP contribution >= 0.6 is 11.6 Å². The van der Waals surface area contributed by atoms with Gasteiger partial charge in [0.1, 0.15) is 11.4 Å². The predicted molar refractivity (Wildman–Crippen MR) is 105 cm³/mol. The van der Waals surface area contributed by atoms with Gasteiger partial charge < -0.3 is 14.6 Å². The standard InChI is InChI=1S/C21H21ClN2O2/c1-13(14-7-8-14)24(15-9-11-16(26-2)12-10-15)21(25)20-19(22)17-5-3-4-6-18(17)23-20/h3-6,9-14,23H,7-8H2,1-2H3. The maximum atomic E-state index is 13.4. The molecule has 2 aromatic carbocycles. The number of para-hydroxylation sites is 1. The Morgan fingerprint density at radius 3 is 2.50 bits per heavy atom. The highest BCUT2D eigenvalue weighted by atomic mass is 35.5. The Labute approximate surface area is 157 Å². The highest BCUT2D eigenvalue weighted by Crippen LogP contribution is 2.39. The number of nitrogens with one attached hydrogen (secondary N) is 1. The van der Waals surface area contributed by atoms with Crippen LogP contribution in [-0.2, 0) is 0 Å². The number of anilines is 1. The van der Waals surface area contributed by atoms with E-state index in [1.54, 1.807) is 7.11 Å². The summed E-state index contributed by atoms with van der Waals surface area (Å²) in [4.78, 5) is 18.5. The van der Waals surface area contributed by atoms with E-state index in [0.29, 0.717) is 16.6 Å². The molecular formula is C21H21ClN2O2. The number of benzene rings is 2. The lowest BCUT2D eigenvalue weighted by Gasteiger charge is -2.29.